The molecular formula is C14H28O2. The zero-order valence-electron chi connectivity index (χ0n) is 10.9. The molecule has 2 atom stereocenters. The van der Waals surface area contributed by atoms with E-state index in [-0.39, 0.29) is 6.61 Å². The molecule has 0 radical (unpaired) electrons. The van der Waals surface area contributed by atoms with E-state index >= 15 is 0 Å². The Bertz CT molecular complexity index is 180. The van der Waals surface area contributed by atoms with Gasteiger partial charge in [-0.05, 0) is 6.42 Å². The molecule has 0 heterocycles. The van der Waals surface area contributed by atoms with Crippen molar-refractivity contribution >= 4 is 0 Å². The lowest BCUT2D eigenvalue weighted by atomic mass is 9.82. The Labute approximate surface area is 100 Å². The smallest absolute Gasteiger partial charge is 0.0650 e. The maximum Gasteiger partial charge on any atom is 0.0650 e. The van der Waals surface area contributed by atoms with Gasteiger partial charge in [-0.25, -0.2) is 0 Å². The van der Waals surface area contributed by atoms with E-state index in [9.17, 15) is 10.2 Å². The minimum absolute atomic E-state index is 0.0342. The third kappa shape index (κ3) is 5.66. The van der Waals surface area contributed by atoms with Gasteiger partial charge in [0, 0.05) is 5.41 Å². The fraction of sp³-hybridized carbons (Fsp3) is 0.857. The van der Waals surface area contributed by atoms with Crippen molar-refractivity contribution in [2.75, 3.05) is 6.61 Å². The lowest BCUT2D eigenvalue weighted by Gasteiger charge is -2.29. The maximum atomic E-state index is 9.94. The van der Waals surface area contributed by atoms with Crippen molar-refractivity contribution in [3.63, 3.8) is 0 Å². The van der Waals surface area contributed by atoms with E-state index in [1.807, 2.05) is 6.92 Å². The number of aliphatic hydroxyl groups is 2. The van der Waals surface area contributed by atoms with Gasteiger partial charge in [0.25, 0.3) is 0 Å². The number of rotatable bonds is 10. The molecule has 0 saturated heterocycles. The van der Waals surface area contributed by atoms with Crippen LogP contribution in [0.3, 0.4) is 0 Å². The van der Waals surface area contributed by atoms with Crippen molar-refractivity contribution in [3.05, 3.63) is 12.7 Å². The molecule has 0 bridgehead atoms. The van der Waals surface area contributed by atoms with Crippen LogP contribution in [0, 0.1) is 5.41 Å². The molecule has 0 aromatic rings. The molecule has 0 aliphatic rings. The van der Waals surface area contributed by atoms with Crippen LogP contribution in [0.25, 0.3) is 0 Å². The van der Waals surface area contributed by atoms with Crippen molar-refractivity contribution in [1.82, 2.24) is 0 Å². The Morgan fingerprint density at radius 3 is 2.25 bits per heavy atom. The molecule has 0 amide bonds. The highest BCUT2D eigenvalue weighted by Gasteiger charge is 2.28. The van der Waals surface area contributed by atoms with Crippen LogP contribution in [0.5, 0.6) is 0 Å². The summed E-state index contributed by atoms with van der Waals surface area (Å²) in [5.74, 6) is 0. The van der Waals surface area contributed by atoms with E-state index in [2.05, 4.69) is 13.5 Å². The Morgan fingerprint density at radius 2 is 1.75 bits per heavy atom. The van der Waals surface area contributed by atoms with E-state index in [1.54, 1.807) is 6.08 Å². The monoisotopic (exact) mass is 228 g/mol. The van der Waals surface area contributed by atoms with Crippen LogP contribution in [0.1, 0.15) is 58.8 Å². The van der Waals surface area contributed by atoms with Crippen LogP contribution in [0.2, 0.25) is 0 Å². The molecule has 0 saturated carbocycles. The highest BCUT2D eigenvalue weighted by Crippen LogP contribution is 2.26. The van der Waals surface area contributed by atoms with Gasteiger partial charge in [-0.15, -0.1) is 6.58 Å². The van der Waals surface area contributed by atoms with Gasteiger partial charge in [0.1, 0.15) is 0 Å². The first-order valence-corrected chi connectivity index (χ1v) is 6.53. The molecule has 0 aliphatic heterocycles. The lowest BCUT2D eigenvalue weighted by molar-refractivity contribution is 0.0210. The number of aliphatic hydroxyl groups excluding tert-OH is 2. The molecule has 16 heavy (non-hydrogen) atoms. The van der Waals surface area contributed by atoms with Crippen LogP contribution >= 0.6 is 0 Å². The Kier molecular flexibility index (Phi) is 8.58. The fourth-order valence-electron chi connectivity index (χ4n) is 1.75. The topological polar surface area (TPSA) is 40.5 Å². The van der Waals surface area contributed by atoms with E-state index in [0.717, 1.165) is 12.8 Å². The van der Waals surface area contributed by atoms with Crippen molar-refractivity contribution < 1.29 is 10.2 Å². The van der Waals surface area contributed by atoms with Gasteiger partial charge in [0.15, 0.2) is 0 Å². The molecule has 2 heteroatoms. The van der Waals surface area contributed by atoms with E-state index in [1.165, 1.54) is 32.1 Å². The normalized spacial score (nSPS) is 16.8. The summed E-state index contributed by atoms with van der Waals surface area (Å²) in [4.78, 5) is 0. The average Bonchev–Trinajstić information content (AvgIpc) is 2.32. The predicted molar refractivity (Wildman–Crippen MR) is 69.4 cm³/mol. The summed E-state index contributed by atoms with van der Waals surface area (Å²) in [6.07, 6.45) is 9.29. The highest BCUT2D eigenvalue weighted by atomic mass is 16.3. The first kappa shape index (κ1) is 15.7. The molecule has 0 aliphatic carbocycles. The van der Waals surface area contributed by atoms with Crippen LogP contribution in [0.15, 0.2) is 12.7 Å². The van der Waals surface area contributed by atoms with Gasteiger partial charge in [-0.3, -0.25) is 0 Å². The van der Waals surface area contributed by atoms with Gasteiger partial charge in [-0.1, -0.05) is 58.4 Å². The number of hydrogen-bond donors (Lipinski definition) is 2. The largest absolute Gasteiger partial charge is 0.395 e. The molecule has 0 aromatic carbocycles. The molecule has 2 N–H and O–H groups in total. The zero-order valence-corrected chi connectivity index (χ0v) is 10.9. The minimum Gasteiger partial charge on any atom is -0.395 e. The third-order valence-corrected chi connectivity index (χ3v) is 3.40. The summed E-state index contributed by atoms with van der Waals surface area (Å²) in [6, 6.07) is 0. The van der Waals surface area contributed by atoms with Gasteiger partial charge in [-0.2, -0.15) is 0 Å². The quantitative estimate of drug-likeness (QED) is 0.445. The van der Waals surface area contributed by atoms with Crippen LogP contribution in [0.4, 0.5) is 0 Å². The molecule has 96 valence electrons. The molecular weight excluding hydrogens is 200 g/mol. The Morgan fingerprint density at radius 1 is 1.19 bits per heavy atom. The SMILES string of the molecule is C=C[C@](C)(CO)[C@@H](O)CCCCCCCC. The maximum absolute atomic E-state index is 9.94. The van der Waals surface area contributed by atoms with Gasteiger partial charge >= 0.3 is 0 Å². The summed E-state index contributed by atoms with van der Waals surface area (Å²) < 4.78 is 0. The molecule has 0 aromatic heterocycles. The molecule has 2 nitrogen and oxygen atoms in total. The van der Waals surface area contributed by atoms with Crippen LogP contribution < -0.4 is 0 Å². The average molecular weight is 228 g/mol. The second-order valence-corrected chi connectivity index (χ2v) is 4.94. The summed E-state index contributed by atoms with van der Waals surface area (Å²) in [5, 5.41) is 19.1. The summed E-state index contributed by atoms with van der Waals surface area (Å²) in [5.41, 5.74) is -0.538. The van der Waals surface area contributed by atoms with Crippen molar-refractivity contribution in [1.29, 1.82) is 0 Å². The first-order valence-electron chi connectivity index (χ1n) is 6.53. The second kappa shape index (κ2) is 8.77. The standard InChI is InChI=1S/C14H28O2/c1-4-6-7-8-9-10-11-13(16)14(3,5-2)12-15/h5,13,15-16H,2,4,6-12H2,1,3H3/t13-,14+/m0/s1. The molecule has 0 spiro atoms. The summed E-state index contributed by atoms with van der Waals surface area (Å²) >= 11 is 0. The highest BCUT2D eigenvalue weighted by molar-refractivity contribution is 4.96. The van der Waals surface area contributed by atoms with E-state index < -0.39 is 11.5 Å². The fourth-order valence-corrected chi connectivity index (χ4v) is 1.75. The van der Waals surface area contributed by atoms with Crippen LogP contribution in [-0.4, -0.2) is 22.9 Å². The number of unbranched alkanes of at least 4 members (excludes halogenated alkanes) is 5. The Balaban J connectivity index is 3.64. The second-order valence-electron chi connectivity index (χ2n) is 4.94. The summed E-state index contributed by atoms with van der Waals surface area (Å²) in [6.45, 7) is 7.70. The molecule has 0 fully saturated rings. The zero-order chi connectivity index (χ0) is 12.4. The summed E-state index contributed by atoms with van der Waals surface area (Å²) in [7, 11) is 0. The predicted octanol–water partition coefficient (Wildman–Crippen LogP) is 3.28. The van der Waals surface area contributed by atoms with Gasteiger partial charge < -0.3 is 10.2 Å². The van der Waals surface area contributed by atoms with E-state index in [4.69, 9.17) is 0 Å². The first-order chi connectivity index (χ1) is 7.60. The van der Waals surface area contributed by atoms with Crippen molar-refractivity contribution in [2.24, 2.45) is 5.41 Å². The van der Waals surface area contributed by atoms with Gasteiger partial charge in [0.05, 0.1) is 12.7 Å². The van der Waals surface area contributed by atoms with Crippen molar-refractivity contribution in [3.8, 4) is 0 Å². The minimum atomic E-state index is -0.538. The lowest BCUT2D eigenvalue weighted by Crippen LogP contribution is -2.33. The van der Waals surface area contributed by atoms with E-state index in [0.29, 0.717) is 0 Å². The number of hydrogen-bond acceptors (Lipinski definition) is 2. The van der Waals surface area contributed by atoms with Crippen molar-refractivity contribution in [2.45, 2.75) is 64.9 Å². The van der Waals surface area contributed by atoms with Gasteiger partial charge in [0.2, 0.25) is 0 Å². The third-order valence-electron chi connectivity index (χ3n) is 3.40. The Hall–Kier alpha value is -0.340. The molecule has 0 unspecified atom stereocenters. The molecule has 0 rings (SSSR count). The van der Waals surface area contributed by atoms with Crippen LogP contribution in [-0.2, 0) is 0 Å².